The van der Waals surface area contributed by atoms with Crippen molar-refractivity contribution in [2.45, 2.75) is 12.5 Å². The van der Waals surface area contributed by atoms with Gasteiger partial charge in [-0.05, 0) is 36.4 Å². The Morgan fingerprint density at radius 1 is 1.22 bits per heavy atom. The quantitative estimate of drug-likeness (QED) is 0.670. The van der Waals surface area contributed by atoms with Gasteiger partial charge in [0.2, 0.25) is 5.91 Å². The fourth-order valence-electron chi connectivity index (χ4n) is 2.31. The third-order valence-electron chi connectivity index (χ3n) is 3.48. The van der Waals surface area contributed by atoms with E-state index < -0.39 is 12.0 Å². The predicted molar refractivity (Wildman–Crippen MR) is 85.7 cm³/mol. The summed E-state index contributed by atoms with van der Waals surface area (Å²) >= 11 is 0. The largest absolute Gasteiger partial charge is 0.497 e. The molecule has 0 aliphatic carbocycles. The van der Waals surface area contributed by atoms with Gasteiger partial charge in [0.05, 0.1) is 19.2 Å². The van der Waals surface area contributed by atoms with Crippen LogP contribution in [-0.4, -0.2) is 25.0 Å². The Hall–Kier alpha value is -3.02. The van der Waals surface area contributed by atoms with E-state index in [0.29, 0.717) is 22.9 Å². The molecule has 1 aliphatic rings. The van der Waals surface area contributed by atoms with Crippen molar-refractivity contribution in [3.8, 4) is 11.5 Å². The lowest BCUT2D eigenvalue weighted by molar-refractivity contribution is -0.137. The summed E-state index contributed by atoms with van der Waals surface area (Å²) < 4.78 is 10.3. The summed E-state index contributed by atoms with van der Waals surface area (Å²) in [6.45, 7) is 0. The lowest BCUT2D eigenvalue weighted by Gasteiger charge is -2.25. The van der Waals surface area contributed by atoms with E-state index in [1.807, 2.05) is 6.07 Å². The Balaban J connectivity index is 1.62. The van der Waals surface area contributed by atoms with Crippen molar-refractivity contribution in [2.24, 2.45) is 0 Å². The van der Waals surface area contributed by atoms with Crippen LogP contribution in [-0.2, 0) is 9.59 Å². The predicted octanol–water partition coefficient (Wildman–Crippen LogP) is 2.42. The van der Waals surface area contributed by atoms with E-state index in [1.54, 1.807) is 49.6 Å². The maximum absolute atomic E-state index is 12.1. The summed E-state index contributed by atoms with van der Waals surface area (Å²) in [5.41, 5.74) is 1.34. The van der Waals surface area contributed by atoms with E-state index in [9.17, 15) is 9.59 Å². The molecular formula is C17H16N2O4. The van der Waals surface area contributed by atoms with Crippen molar-refractivity contribution in [3.63, 3.8) is 0 Å². The highest BCUT2D eigenvalue weighted by molar-refractivity contribution is 5.97. The van der Waals surface area contributed by atoms with Gasteiger partial charge in [0.15, 0.2) is 5.75 Å². The number of anilines is 2. The molecule has 0 unspecified atom stereocenters. The zero-order valence-electron chi connectivity index (χ0n) is 12.5. The summed E-state index contributed by atoms with van der Waals surface area (Å²) in [6, 6.07) is 13.4. The van der Waals surface area contributed by atoms with Crippen molar-refractivity contribution >= 4 is 23.3 Å². The first-order valence-electron chi connectivity index (χ1n) is 7.17. The smallest absolute Gasteiger partial charge is 0.334 e. The molecule has 2 aromatic rings. The SMILES string of the molecule is COc1ccc(NC(=O)C[C@@H]2Nc3ccccc3OC2=O)cc1. The molecule has 0 radical (unpaired) electrons. The zero-order valence-corrected chi connectivity index (χ0v) is 12.5. The zero-order chi connectivity index (χ0) is 16.2. The van der Waals surface area contributed by atoms with Gasteiger partial charge in [0.1, 0.15) is 11.8 Å². The Morgan fingerprint density at radius 2 is 1.96 bits per heavy atom. The molecule has 1 aliphatic heterocycles. The second-order valence-electron chi connectivity index (χ2n) is 5.09. The van der Waals surface area contributed by atoms with Gasteiger partial charge < -0.3 is 20.1 Å². The van der Waals surface area contributed by atoms with E-state index in [0.717, 1.165) is 0 Å². The fourth-order valence-corrected chi connectivity index (χ4v) is 2.31. The highest BCUT2D eigenvalue weighted by Gasteiger charge is 2.29. The van der Waals surface area contributed by atoms with E-state index in [2.05, 4.69) is 10.6 Å². The molecule has 1 heterocycles. The number of benzene rings is 2. The third-order valence-corrected chi connectivity index (χ3v) is 3.48. The molecule has 118 valence electrons. The number of para-hydroxylation sites is 2. The number of methoxy groups -OCH3 is 1. The molecule has 0 spiro atoms. The molecule has 2 N–H and O–H groups in total. The van der Waals surface area contributed by atoms with Gasteiger partial charge >= 0.3 is 5.97 Å². The fraction of sp³-hybridized carbons (Fsp3) is 0.176. The molecule has 1 atom stereocenters. The minimum atomic E-state index is -0.705. The normalized spacial score (nSPS) is 15.9. The van der Waals surface area contributed by atoms with Crippen LogP contribution in [0.1, 0.15) is 6.42 Å². The van der Waals surface area contributed by atoms with Gasteiger partial charge in [-0.3, -0.25) is 4.79 Å². The molecule has 0 saturated heterocycles. The Labute approximate surface area is 133 Å². The van der Waals surface area contributed by atoms with Gasteiger partial charge in [-0.1, -0.05) is 12.1 Å². The Bertz CT molecular complexity index is 728. The van der Waals surface area contributed by atoms with E-state index in [1.165, 1.54) is 0 Å². The Kier molecular flexibility index (Phi) is 4.14. The van der Waals surface area contributed by atoms with Crippen molar-refractivity contribution in [3.05, 3.63) is 48.5 Å². The molecule has 2 aromatic carbocycles. The van der Waals surface area contributed by atoms with Crippen molar-refractivity contribution in [1.82, 2.24) is 0 Å². The number of rotatable bonds is 4. The summed E-state index contributed by atoms with van der Waals surface area (Å²) in [4.78, 5) is 24.0. The number of hydrogen-bond acceptors (Lipinski definition) is 5. The van der Waals surface area contributed by atoms with Crippen LogP contribution in [0.25, 0.3) is 0 Å². The first-order valence-corrected chi connectivity index (χ1v) is 7.17. The number of fused-ring (bicyclic) bond motifs is 1. The van der Waals surface area contributed by atoms with Gasteiger partial charge in [0.25, 0.3) is 0 Å². The molecule has 0 aromatic heterocycles. The molecule has 0 saturated carbocycles. The number of hydrogen-bond donors (Lipinski definition) is 2. The molecule has 6 nitrogen and oxygen atoms in total. The number of carbonyl (C=O) groups is 2. The van der Waals surface area contributed by atoms with Crippen molar-refractivity contribution in [2.75, 3.05) is 17.7 Å². The molecule has 0 fully saturated rings. The maximum Gasteiger partial charge on any atom is 0.334 e. The second kappa shape index (κ2) is 6.39. The number of amides is 1. The van der Waals surface area contributed by atoms with E-state index >= 15 is 0 Å². The third kappa shape index (κ3) is 3.42. The molecule has 3 rings (SSSR count). The lowest BCUT2D eigenvalue weighted by atomic mass is 10.1. The van der Waals surface area contributed by atoms with Crippen LogP contribution in [0.4, 0.5) is 11.4 Å². The minimum Gasteiger partial charge on any atom is -0.497 e. The summed E-state index contributed by atoms with van der Waals surface area (Å²) in [7, 11) is 1.58. The van der Waals surface area contributed by atoms with Gasteiger partial charge in [-0.25, -0.2) is 4.79 Å². The van der Waals surface area contributed by atoms with Gasteiger partial charge in [-0.15, -0.1) is 0 Å². The highest BCUT2D eigenvalue weighted by atomic mass is 16.5. The molecule has 6 heteroatoms. The number of ether oxygens (including phenoxy) is 2. The van der Waals surface area contributed by atoms with Crippen LogP contribution in [0.3, 0.4) is 0 Å². The standard InChI is InChI=1S/C17H16N2O4/c1-22-12-8-6-11(7-9-12)18-16(20)10-14-17(21)23-15-5-3-2-4-13(15)19-14/h2-9,14,19H,10H2,1H3,(H,18,20)/t14-/m0/s1. The highest BCUT2D eigenvalue weighted by Crippen LogP contribution is 2.29. The maximum atomic E-state index is 12.1. The summed E-state index contributed by atoms with van der Waals surface area (Å²) in [5, 5.41) is 5.77. The van der Waals surface area contributed by atoms with E-state index in [-0.39, 0.29) is 12.3 Å². The average molecular weight is 312 g/mol. The average Bonchev–Trinajstić information content (AvgIpc) is 2.56. The molecule has 0 bridgehead atoms. The lowest BCUT2D eigenvalue weighted by Crippen LogP contribution is -2.39. The van der Waals surface area contributed by atoms with Gasteiger partial charge in [-0.2, -0.15) is 0 Å². The second-order valence-corrected chi connectivity index (χ2v) is 5.09. The van der Waals surface area contributed by atoms with Crippen molar-refractivity contribution in [1.29, 1.82) is 0 Å². The summed E-state index contributed by atoms with van der Waals surface area (Å²) in [6.07, 6.45) is -0.0147. The van der Waals surface area contributed by atoms with Crippen LogP contribution in [0.15, 0.2) is 48.5 Å². The molecular weight excluding hydrogens is 296 g/mol. The number of nitrogens with one attached hydrogen (secondary N) is 2. The van der Waals surface area contributed by atoms with Crippen LogP contribution in [0.2, 0.25) is 0 Å². The van der Waals surface area contributed by atoms with Gasteiger partial charge in [0, 0.05) is 5.69 Å². The number of esters is 1. The molecule has 1 amide bonds. The minimum absolute atomic E-state index is 0.0147. The first-order chi connectivity index (χ1) is 11.2. The monoisotopic (exact) mass is 312 g/mol. The molecule has 23 heavy (non-hydrogen) atoms. The Morgan fingerprint density at radius 3 is 2.70 bits per heavy atom. The van der Waals surface area contributed by atoms with Crippen LogP contribution < -0.4 is 20.1 Å². The van der Waals surface area contributed by atoms with E-state index in [4.69, 9.17) is 9.47 Å². The van der Waals surface area contributed by atoms with Crippen LogP contribution in [0.5, 0.6) is 11.5 Å². The topological polar surface area (TPSA) is 76.7 Å². The first kappa shape index (κ1) is 14.9. The van der Waals surface area contributed by atoms with Crippen LogP contribution in [0, 0.1) is 0 Å². The summed E-state index contributed by atoms with van der Waals surface area (Å²) in [5.74, 6) is 0.444. The van der Waals surface area contributed by atoms with Crippen LogP contribution >= 0.6 is 0 Å². The van der Waals surface area contributed by atoms with Crippen molar-refractivity contribution < 1.29 is 19.1 Å². The number of carbonyl (C=O) groups excluding carboxylic acids is 2.